The second kappa shape index (κ2) is 11.4. The number of hydrogen-bond donors (Lipinski definition) is 2. The van der Waals surface area contributed by atoms with Gasteiger partial charge in [-0.15, -0.1) is 0 Å². The molecule has 1 aliphatic heterocycles. The van der Waals surface area contributed by atoms with E-state index in [2.05, 4.69) is 0 Å². The summed E-state index contributed by atoms with van der Waals surface area (Å²) in [5.41, 5.74) is 0.907. The number of fused-ring (bicyclic) bond motifs is 7. The minimum Gasteiger partial charge on any atom is -0.458 e. The van der Waals surface area contributed by atoms with Gasteiger partial charge in [-0.1, -0.05) is 30.8 Å². The number of allylic oxidation sites excluding steroid dienone is 4. The number of aliphatic hydroxyl groups excluding tert-OH is 1. The van der Waals surface area contributed by atoms with E-state index in [4.69, 9.17) is 36.9 Å². The molecule has 12 heteroatoms. The molecule has 252 valence electrons. The van der Waals surface area contributed by atoms with Gasteiger partial charge in [0.05, 0.1) is 25.0 Å². The van der Waals surface area contributed by atoms with Crippen molar-refractivity contribution >= 4 is 40.7 Å². The number of carbonyl (C=O) groups is 4. The average Bonchev–Trinajstić information content (AvgIpc) is 3.41. The summed E-state index contributed by atoms with van der Waals surface area (Å²) in [6, 6.07) is 6.28. The van der Waals surface area contributed by atoms with E-state index >= 15 is 4.39 Å². The minimum absolute atomic E-state index is 0.102. The zero-order valence-electron chi connectivity index (χ0n) is 26.9. The highest BCUT2D eigenvalue weighted by Gasteiger charge is 2.80. The zero-order valence-corrected chi connectivity index (χ0v) is 27.7. The van der Waals surface area contributed by atoms with Gasteiger partial charge in [-0.2, -0.15) is 0 Å². The fourth-order valence-electron chi connectivity index (χ4n) is 9.21. The van der Waals surface area contributed by atoms with Crippen molar-refractivity contribution in [3.8, 4) is 5.75 Å². The summed E-state index contributed by atoms with van der Waals surface area (Å²) in [5, 5.41) is 11.7. The summed E-state index contributed by atoms with van der Waals surface area (Å²) in [7, 11) is 0. The predicted octanol–water partition coefficient (Wildman–Crippen LogP) is 3.99. The zero-order chi connectivity index (χ0) is 34.2. The number of aliphatic hydroxyl groups is 1. The molecule has 8 atom stereocenters. The molecule has 4 aliphatic carbocycles. The lowest BCUT2D eigenvalue weighted by molar-refractivity contribution is -0.246. The molecule has 47 heavy (non-hydrogen) atoms. The van der Waals surface area contributed by atoms with E-state index in [1.54, 1.807) is 39.0 Å². The Hall–Kier alpha value is -3.32. The van der Waals surface area contributed by atoms with Gasteiger partial charge in [-0.25, -0.2) is 4.39 Å². The molecule has 1 aromatic carbocycles. The normalized spacial score (nSPS) is 37.9. The molecule has 0 bridgehead atoms. The van der Waals surface area contributed by atoms with Crippen LogP contribution in [0.25, 0.3) is 0 Å². The number of carbonyl (C=O) groups excluding carboxylic acids is 4. The van der Waals surface area contributed by atoms with Gasteiger partial charge in [0.1, 0.15) is 10.7 Å². The molecular weight excluding hydrogens is 629 g/mol. The van der Waals surface area contributed by atoms with E-state index in [9.17, 15) is 24.3 Å². The van der Waals surface area contributed by atoms with Crippen LogP contribution in [-0.2, 0) is 33.4 Å². The number of hydrogen-bond acceptors (Lipinski definition) is 10. The minimum atomic E-state index is -2.09. The van der Waals surface area contributed by atoms with E-state index < -0.39 is 76.3 Å². The van der Waals surface area contributed by atoms with Crippen LogP contribution in [-0.4, -0.2) is 69.5 Å². The number of esters is 2. The lowest BCUT2D eigenvalue weighted by Crippen LogP contribution is -2.70. The van der Waals surface area contributed by atoms with E-state index in [1.807, 2.05) is 6.92 Å². The quantitative estimate of drug-likeness (QED) is 0.235. The largest absolute Gasteiger partial charge is 0.458 e. The maximum atomic E-state index is 17.6. The van der Waals surface area contributed by atoms with Crippen molar-refractivity contribution in [1.82, 2.24) is 0 Å². The first kappa shape index (κ1) is 33.6. The monoisotopic (exact) mass is 669 g/mol. The van der Waals surface area contributed by atoms with Gasteiger partial charge in [0.25, 0.3) is 0 Å². The maximum absolute atomic E-state index is 17.6. The van der Waals surface area contributed by atoms with Crippen molar-refractivity contribution in [3.63, 3.8) is 0 Å². The van der Waals surface area contributed by atoms with Gasteiger partial charge in [0.2, 0.25) is 5.78 Å². The van der Waals surface area contributed by atoms with Crippen LogP contribution in [0.15, 0.2) is 48.1 Å². The number of thiocarbonyl (C=S) groups is 1. The summed E-state index contributed by atoms with van der Waals surface area (Å²) in [4.78, 5) is 51.6. The molecule has 3 N–H and O–H groups in total. The molecule has 0 spiro atoms. The number of halogens is 1. The smallest absolute Gasteiger partial charge is 0.311 e. The van der Waals surface area contributed by atoms with Crippen molar-refractivity contribution in [2.45, 2.75) is 95.5 Å². The summed E-state index contributed by atoms with van der Waals surface area (Å²) in [6.45, 7) is 6.30. The maximum Gasteiger partial charge on any atom is 0.311 e. The van der Waals surface area contributed by atoms with Gasteiger partial charge in [-0.05, 0) is 88.8 Å². The number of alkyl halides is 1. The Kier molecular flexibility index (Phi) is 8.14. The van der Waals surface area contributed by atoms with Crippen LogP contribution in [0.5, 0.6) is 5.75 Å². The summed E-state index contributed by atoms with van der Waals surface area (Å²) in [6.07, 6.45) is 2.63. The Balaban J connectivity index is 1.17. The lowest BCUT2D eigenvalue weighted by Gasteiger charge is -2.62. The molecule has 5 aliphatic rings. The highest BCUT2D eigenvalue weighted by molar-refractivity contribution is 7.80. The topological polar surface area (TPSA) is 151 Å². The highest BCUT2D eigenvalue weighted by Crippen LogP contribution is 2.72. The first-order valence-electron chi connectivity index (χ1n) is 16.0. The first-order chi connectivity index (χ1) is 22.0. The summed E-state index contributed by atoms with van der Waals surface area (Å²) < 4.78 is 40.9. The number of ketones is 2. The molecular formula is C35H40FNO9S. The SMILES string of the molecule is CC1(C)O[C@@H]2C[C@H]3[C@@H]4CCC5=CC(=O)C=C[C@]5(C)[C@@]4(F)[C@@H](O)C[C@]3(C)[C@]2(C(=O)COC(=O)CCC(=O)Oc2ccc(C(N)=S)cc2)O1. The highest BCUT2D eigenvalue weighted by atomic mass is 32.1. The van der Waals surface area contributed by atoms with Crippen LogP contribution in [0, 0.1) is 22.7 Å². The van der Waals surface area contributed by atoms with Crippen LogP contribution in [0.4, 0.5) is 4.39 Å². The third-order valence-electron chi connectivity index (χ3n) is 11.3. The van der Waals surface area contributed by atoms with Crippen molar-refractivity contribution < 1.29 is 47.6 Å². The Morgan fingerprint density at radius 1 is 1.09 bits per heavy atom. The summed E-state index contributed by atoms with van der Waals surface area (Å²) in [5.74, 6) is -4.17. The Morgan fingerprint density at radius 2 is 1.77 bits per heavy atom. The molecule has 1 aromatic rings. The van der Waals surface area contributed by atoms with Gasteiger partial charge < -0.3 is 29.8 Å². The molecule has 1 saturated heterocycles. The molecule has 3 saturated carbocycles. The first-order valence-corrected chi connectivity index (χ1v) is 16.4. The molecule has 0 amide bonds. The van der Waals surface area contributed by atoms with Crippen LogP contribution in [0.2, 0.25) is 0 Å². The molecule has 4 fully saturated rings. The van der Waals surface area contributed by atoms with Crippen molar-refractivity contribution in [2.75, 3.05) is 6.61 Å². The number of Topliss-reactive ketones (excluding diaryl/α,β-unsaturated/α-hetero) is 1. The van der Waals surface area contributed by atoms with E-state index in [-0.39, 0.29) is 35.8 Å². The van der Waals surface area contributed by atoms with Gasteiger partial charge in [-0.3, -0.25) is 19.2 Å². The standard InChI is InChI=1S/C35H40FNO9S/c1-31(2)45-27-16-24-23-10-7-20-15-21(38)13-14-32(20,3)34(23,36)25(39)17-33(24,4)35(27,46-31)26(40)18-43-28(41)11-12-29(42)44-22-8-5-19(6-9-22)30(37)47/h5-6,8-9,13-15,23-25,27,39H,7,10-12,16-18H2,1-4H3,(H2,37,47)/t23-,24-,25-,27+,32-,33-,34-,35+/m0/s1. The number of nitrogens with two attached hydrogens (primary N) is 1. The van der Waals surface area contributed by atoms with Crippen molar-refractivity contribution in [3.05, 3.63) is 53.6 Å². The molecule has 1 heterocycles. The van der Waals surface area contributed by atoms with E-state index in [0.29, 0.717) is 30.4 Å². The fourth-order valence-corrected chi connectivity index (χ4v) is 9.34. The molecule has 6 rings (SSSR count). The Bertz CT molecular complexity index is 1610. The second-order valence-electron chi connectivity index (χ2n) is 14.3. The number of ether oxygens (including phenoxy) is 4. The van der Waals surface area contributed by atoms with Crippen LogP contribution in [0.3, 0.4) is 0 Å². The predicted molar refractivity (Wildman–Crippen MR) is 170 cm³/mol. The van der Waals surface area contributed by atoms with Crippen molar-refractivity contribution in [2.24, 2.45) is 28.4 Å². The molecule has 0 radical (unpaired) electrons. The van der Waals surface area contributed by atoms with Crippen LogP contribution in [0.1, 0.15) is 71.8 Å². The molecule has 0 aromatic heterocycles. The molecule has 0 unspecified atom stereocenters. The number of benzene rings is 1. The van der Waals surface area contributed by atoms with Crippen LogP contribution < -0.4 is 10.5 Å². The molecule has 10 nitrogen and oxygen atoms in total. The fraction of sp³-hybridized carbons (Fsp3) is 0.571. The van der Waals surface area contributed by atoms with Gasteiger partial charge in [0, 0.05) is 22.3 Å². The van der Waals surface area contributed by atoms with E-state index in [0.717, 1.165) is 0 Å². The summed E-state index contributed by atoms with van der Waals surface area (Å²) >= 11 is 4.91. The lowest BCUT2D eigenvalue weighted by atomic mass is 9.44. The Labute approximate surface area is 277 Å². The average molecular weight is 670 g/mol. The third kappa shape index (κ3) is 5.10. The van der Waals surface area contributed by atoms with Crippen LogP contribution >= 0.6 is 12.2 Å². The number of rotatable bonds is 8. The third-order valence-corrected chi connectivity index (χ3v) is 11.6. The Morgan fingerprint density at radius 3 is 2.45 bits per heavy atom. The second-order valence-corrected chi connectivity index (χ2v) is 14.7. The van der Waals surface area contributed by atoms with E-state index in [1.165, 1.54) is 24.3 Å². The van der Waals surface area contributed by atoms with Gasteiger partial charge >= 0.3 is 11.9 Å². The van der Waals surface area contributed by atoms with Gasteiger partial charge in [0.15, 0.2) is 29.4 Å². The van der Waals surface area contributed by atoms with Crippen molar-refractivity contribution in [1.29, 1.82) is 0 Å².